The van der Waals surface area contributed by atoms with Gasteiger partial charge in [-0.2, -0.15) is 0 Å². The Bertz CT molecular complexity index is 333. The first-order valence-electron chi connectivity index (χ1n) is 7.25. The largest absolute Gasteiger partial charge is 0.481 e. The summed E-state index contributed by atoms with van der Waals surface area (Å²) in [6.45, 7) is 12.1. The van der Waals surface area contributed by atoms with Gasteiger partial charge in [-0.05, 0) is 32.1 Å². The molecule has 5 nitrogen and oxygen atoms in total. The van der Waals surface area contributed by atoms with Crippen LogP contribution < -0.4 is 10.6 Å². The van der Waals surface area contributed by atoms with Crippen LogP contribution in [-0.2, 0) is 4.79 Å². The summed E-state index contributed by atoms with van der Waals surface area (Å²) in [5, 5.41) is 14.7. The SMILES string of the molecule is CCCC(C)(C)NC(=O)NCC(CC(C)(C)C)C(=O)O. The topological polar surface area (TPSA) is 78.4 Å². The summed E-state index contributed by atoms with van der Waals surface area (Å²) >= 11 is 0. The fourth-order valence-electron chi connectivity index (χ4n) is 2.24. The number of carbonyl (C=O) groups excluding carboxylic acids is 1. The van der Waals surface area contributed by atoms with Gasteiger partial charge in [0.05, 0.1) is 5.92 Å². The molecular formula is C15H30N2O3. The minimum atomic E-state index is -0.868. The van der Waals surface area contributed by atoms with Gasteiger partial charge in [-0.25, -0.2) is 4.79 Å². The van der Waals surface area contributed by atoms with Crippen LogP contribution in [0.25, 0.3) is 0 Å². The molecule has 0 aromatic carbocycles. The molecule has 0 fully saturated rings. The summed E-state index contributed by atoms with van der Waals surface area (Å²) in [6.07, 6.45) is 2.39. The van der Waals surface area contributed by atoms with E-state index in [1.807, 2.05) is 34.6 Å². The van der Waals surface area contributed by atoms with Crippen LogP contribution in [0.2, 0.25) is 0 Å². The van der Waals surface area contributed by atoms with Crippen LogP contribution >= 0.6 is 0 Å². The Morgan fingerprint density at radius 3 is 2.10 bits per heavy atom. The highest BCUT2D eigenvalue weighted by Crippen LogP contribution is 2.24. The van der Waals surface area contributed by atoms with Crippen molar-refractivity contribution in [1.29, 1.82) is 0 Å². The highest BCUT2D eigenvalue weighted by atomic mass is 16.4. The smallest absolute Gasteiger partial charge is 0.315 e. The minimum Gasteiger partial charge on any atom is -0.481 e. The number of carboxylic acid groups (broad SMARTS) is 1. The van der Waals surface area contributed by atoms with Crippen molar-refractivity contribution in [2.24, 2.45) is 11.3 Å². The molecule has 0 rings (SSSR count). The molecule has 0 bridgehead atoms. The number of urea groups is 1. The standard InChI is InChI=1S/C15H30N2O3/c1-7-8-15(5,6)17-13(20)16-10-11(12(18)19)9-14(2,3)4/h11H,7-10H2,1-6H3,(H,18,19)(H2,16,17,20). The van der Waals surface area contributed by atoms with Gasteiger partial charge in [-0.15, -0.1) is 0 Å². The lowest BCUT2D eigenvalue weighted by Gasteiger charge is -2.27. The van der Waals surface area contributed by atoms with E-state index in [4.69, 9.17) is 0 Å². The third kappa shape index (κ3) is 8.77. The van der Waals surface area contributed by atoms with Crippen molar-refractivity contribution in [3.63, 3.8) is 0 Å². The maximum Gasteiger partial charge on any atom is 0.315 e. The van der Waals surface area contributed by atoms with E-state index in [1.165, 1.54) is 0 Å². The number of carbonyl (C=O) groups is 2. The summed E-state index contributed by atoms with van der Waals surface area (Å²) in [6, 6.07) is -0.302. The van der Waals surface area contributed by atoms with Gasteiger partial charge in [0.15, 0.2) is 0 Å². The van der Waals surface area contributed by atoms with E-state index in [2.05, 4.69) is 17.6 Å². The average molecular weight is 286 g/mol. The van der Waals surface area contributed by atoms with Crippen molar-refractivity contribution in [3.8, 4) is 0 Å². The molecule has 0 heterocycles. The summed E-state index contributed by atoms with van der Waals surface area (Å²) < 4.78 is 0. The molecule has 1 atom stereocenters. The molecule has 0 saturated heterocycles. The second-order valence-corrected chi connectivity index (χ2v) is 7.27. The maximum atomic E-state index is 11.8. The van der Waals surface area contributed by atoms with Crippen molar-refractivity contribution in [3.05, 3.63) is 0 Å². The Hall–Kier alpha value is -1.26. The van der Waals surface area contributed by atoms with E-state index in [9.17, 15) is 14.7 Å². The molecule has 0 saturated carbocycles. The molecule has 0 spiro atoms. The number of rotatable bonds is 7. The van der Waals surface area contributed by atoms with E-state index in [-0.39, 0.29) is 23.5 Å². The predicted molar refractivity (Wildman–Crippen MR) is 80.7 cm³/mol. The molecule has 0 aromatic rings. The highest BCUT2D eigenvalue weighted by molar-refractivity contribution is 5.76. The van der Waals surface area contributed by atoms with Gasteiger partial charge >= 0.3 is 12.0 Å². The fourth-order valence-corrected chi connectivity index (χ4v) is 2.24. The minimum absolute atomic E-state index is 0.0807. The average Bonchev–Trinajstić information content (AvgIpc) is 2.21. The summed E-state index contributed by atoms with van der Waals surface area (Å²) in [7, 11) is 0. The van der Waals surface area contributed by atoms with Crippen molar-refractivity contribution in [1.82, 2.24) is 10.6 Å². The molecule has 2 amide bonds. The zero-order chi connectivity index (χ0) is 16.0. The lowest BCUT2D eigenvalue weighted by molar-refractivity contribution is -0.142. The summed E-state index contributed by atoms with van der Waals surface area (Å²) in [5.74, 6) is -1.43. The first-order chi connectivity index (χ1) is 8.97. The van der Waals surface area contributed by atoms with Crippen LogP contribution in [-0.4, -0.2) is 29.2 Å². The normalized spacial score (nSPS) is 13.7. The van der Waals surface area contributed by atoms with Gasteiger partial charge in [0.25, 0.3) is 0 Å². The van der Waals surface area contributed by atoms with Gasteiger partial charge in [-0.3, -0.25) is 4.79 Å². The summed E-state index contributed by atoms with van der Waals surface area (Å²) in [4.78, 5) is 23.0. The molecule has 0 aliphatic heterocycles. The van der Waals surface area contributed by atoms with Crippen molar-refractivity contribution in [2.75, 3.05) is 6.54 Å². The molecule has 118 valence electrons. The molecule has 5 heteroatoms. The number of amides is 2. The van der Waals surface area contributed by atoms with E-state index in [0.29, 0.717) is 6.42 Å². The van der Waals surface area contributed by atoms with Gasteiger partial charge in [0, 0.05) is 12.1 Å². The molecule has 0 aliphatic rings. The van der Waals surface area contributed by atoms with Gasteiger partial charge < -0.3 is 15.7 Å². The predicted octanol–water partition coefficient (Wildman–Crippen LogP) is 3.00. The zero-order valence-electron chi connectivity index (χ0n) is 13.7. The quantitative estimate of drug-likeness (QED) is 0.673. The molecule has 0 radical (unpaired) electrons. The molecule has 0 aromatic heterocycles. The van der Waals surface area contributed by atoms with Gasteiger partial charge in [0.1, 0.15) is 0 Å². The maximum absolute atomic E-state index is 11.8. The molecule has 1 unspecified atom stereocenters. The monoisotopic (exact) mass is 286 g/mol. The van der Waals surface area contributed by atoms with Crippen LogP contribution in [0, 0.1) is 11.3 Å². The second-order valence-electron chi connectivity index (χ2n) is 7.27. The molecule has 0 aliphatic carbocycles. The highest BCUT2D eigenvalue weighted by Gasteiger charge is 2.26. The van der Waals surface area contributed by atoms with Crippen LogP contribution in [0.1, 0.15) is 60.8 Å². The number of hydrogen-bond donors (Lipinski definition) is 3. The van der Waals surface area contributed by atoms with E-state index >= 15 is 0 Å². The van der Waals surface area contributed by atoms with Crippen molar-refractivity contribution >= 4 is 12.0 Å². The molecular weight excluding hydrogens is 256 g/mol. The third-order valence-electron chi connectivity index (χ3n) is 3.04. The Morgan fingerprint density at radius 1 is 1.15 bits per heavy atom. The number of nitrogens with one attached hydrogen (secondary N) is 2. The second kappa shape index (κ2) is 7.50. The van der Waals surface area contributed by atoms with E-state index in [1.54, 1.807) is 0 Å². The van der Waals surface area contributed by atoms with Gasteiger partial charge in [0.2, 0.25) is 0 Å². The number of carboxylic acids is 1. The van der Waals surface area contributed by atoms with Crippen molar-refractivity contribution in [2.45, 2.75) is 66.3 Å². The molecule has 3 N–H and O–H groups in total. The first kappa shape index (κ1) is 18.7. The lowest BCUT2D eigenvalue weighted by atomic mass is 9.84. The zero-order valence-corrected chi connectivity index (χ0v) is 13.7. The first-order valence-corrected chi connectivity index (χ1v) is 7.25. The number of aliphatic carboxylic acids is 1. The fraction of sp³-hybridized carbons (Fsp3) is 0.867. The lowest BCUT2D eigenvalue weighted by Crippen LogP contribution is -2.49. The van der Waals surface area contributed by atoms with E-state index in [0.717, 1.165) is 12.8 Å². The Kier molecular flexibility index (Phi) is 7.03. The van der Waals surface area contributed by atoms with Gasteiger partial charge in [-0.1, -0.05) is 34.1 Å². The van der Waals surface area contributed by atoms with Crippen LogP contribution in [0.15, 0.2) is 0 Å². The van der Waals surface area contributed by atoms with Crippen LogP contribution in [0.5, 0.6) is 0 Å². The Labute approximate surface area is 122 Å². The van der Waals surface area contributed by atoms with E-state index < -0.39 is 11.9 Å². The van der Waals surface area contributed by atoms with Crippen LogP contribution in [0.3, 0.4) is 0 Å². The van der Waals surface area contributed by atoms with Crippen molar-refractivity contribution < 1.29 is 14.7 Å². The Morgan fingerprint density at radius 2 is 1.70 bits per heavy atom. The Balaban J connectivity index is 4.35. The van der Waals surface area contributed by atoms with Crippen LogP contribution in [0.4, 0.5) is 4.79 Å². The third-order valence-corrected chi connectivity index (χ3v) is 3.04. The number of hydrogen-bond acceptors (Lipinski definition) is 2. The molecule has 20 heavy (non-hydrogen) atoms. The summed E-state index contributed by atoms with van der Waals surface area (Å²) in [5.41, 5.74) is -0.357.